The summed E-state index contributed by atoms with van der Waals surface area (Å²) in [6.45, 7) is 0. The molecule has 0 radical (unpaired) electrons. The summed E-state index contributed by atoms with van der Waals surface area (Å²) in [6.07, 6.45) is 0. The highest BCUT2D eigenvalue weighted by molar-refractivity contribution is 6.00. The number of nitrogens with zero attached hydrogens (tertiary/aromatic N) is 1. The molecule has 0 saturated carbocycles. The molecule has 0 spiro atoms. The summed E-state index contributed by atoms with van der Waals surface area (Å²) >= 11 is 0. The zero-order chi connectivity index (χ0) is 13.7. The van der Waals surface area contributed by atoms with Gasteiger partial charge in [0.25, 0.3) is 0 Å². The van der Waals surface area contributed by atoms with Gasteiger partial charge in [-0.15, -0.1) is 0 Å². The van der Waals surface area contributed by atoms with Crippen molar-refractivity contribution < 1.29 is 23.5 Å². The van der Waals surface area contributed by atoms with Crippen LogP contribution in [0.4, 0.5) is 4.39 Å². The smallest absolute Gasteiger partial charge is 0.324 e. The van der Waals surface area contributed by atoms with Crippen molar-refractivity contribution in [2.45, 2.75) is 5.92 Å². The summed E-state index contributed by atoms with van der Waals surface area (Å²) in [5.41, 5.74) is -0.0996. The summed E-state index contributed by atoms with van der Waals surface area (Å²) in [5, 5.41) is 8.59. The molecule has 6 heteroatoms. The predicted molar refractivity (Wildman–Crippen MR) is 57.9 cm³/mol. The van der Waals surface area contributed by atoms with Gasteiger partial charge in [-0.05, 0) is 17.7 Å². The minimum Gasteiger partial charge on any atom is -0.468 e. The minimum absolute atomic E-state index is 0.0743. The van der Waals surface area contributed by atoms with Gasteiger partial charge in [-0.3, -0.25) is 9.59 Å². The number of hydrogen-bond acceptors (Lipinski definition) is 5. The first-order chi connectivity index (χ1) is 8.54. The van der Waals surface area contributed by atoms with Crippen LogP contribution in [0.25, 0.3) is 0 Å². The van der Waals surface area contributed by atoms with Crippen LogP contribution in [0.5, 0.6) is 0 Å². The molecule has 0 amide bonds. The summed E-state index contributed by atoms with van der Waals surface area (Å²) in [7, 11) is 2.22. The van der Waals surface area contributed by atoms with Gasteiger partial charge >= 0.3 is 11.9 Å². The van der Waals surface area contributed by atoms with Crippen molar-refractivity contribution >= 4 is 11.9 Å². The van der Waals surface area contributed by atoms with Crippen LogP contribution in [-0.4, -0.2) is 26.2 Å². The zero-order valence-electron chi connectivity index (χ0n) is 9.77. The Morgan fingerprint density at radius 3 is 2.22 bits per heavy atom. The maximum atomic E-state index is 13.4. The van der Waals surface area contributed by atoms with E-state index in [2.05, 4.69) is 9.47 Å². The second kappa shape index (κ2) is 5.77. The van der Waals surface area contributed by atoms with Crippen LogP contribution in [-0.2, 0) is 19.1 Å². The lowest BCUT2D eigenvalue weighted by Gasteiger charge is -2.12. The molecule has 18 heavy (non-hydrogen) atoms. The summed E-state index contributed by atoms with van der Waals surface area (Å²) in [4.78, 5) is 22.9. The molecule has 0 aliphatic carbocycles. The molecule has 0 fully saturated rings. The van der Waals surface area contributed by atoms with E-state index in [4.69, 9.17) is 5.26 Å². The SMILES string of the molecule is COC(=O)C(C(=O)OC)c1ccc(C#N)c(F)c1. The number of esters is 2. The van der Waals surface area contributed by atoms with E-state index in [0.29, 0.717) is 0 Å². The summed E-state index contributed by atoms with van der Waals surface area (Å²) in [5.74, 6) is -3.88. The Morgan fingerprint density at radius 2 is 1.83 bits per heavy atom. The van der Waals surface area contributed by atoms with Crippen molar-refractivity contribution in [2.75, 3.05) is 14.2 Å². The van der Waals surface area contributed by atoms with Crippen LogP contribution in [0.15, 0.2) is 18.2 Å². The number of hydrogen-bond donors (Lipinski definition) is 0. The Kier molecular flexibility index (Phi) is 4.38. The molecule has 0 unspecified atom stereocenters. The third-order valence-electron chi connectivity index (χ3n) is 2.32. The number of carbonyl (C=O) groups is 2. The van der Waals surface area contributed by atoms with Gasteiger partial charge < -0.3 is 9.47 Å². The molecule has 1 rings (SSSR count). The van der Waals surface area contributed by atoms with E-state index >= 15 is 0 Å². The van der Waals surface area contributed by atoms with E-state index in [0.717, 1.165) is 20.3 Å². The molecular weight excluding hydrogens is 241 g/mol. The molecular formula is C12H10FNO4. The highest BCUT2D eigenvalue weighted by Gasteiger charge is 2.31. The number of halogens is 1. The maximum Gasteiger partial charge on any atom is 0.324 e. The summed E-state index contributed by atoms with van der Waals surface area (Å²) in [6, 6.07) is 5.07. The van der Waals surface area contributed by atoms with Gasteiger partial charge in [0.05, 0.1) is 19.8 Å². The van der Waals surface area contributed by atoms with Gasteiger partial charge in [0.1, 0.15) is 11.9 Å². The van der Waals surface area contributed by atoms with Gasteiger partial charge in [0.15, 0.2) is 5.92 Å². The van der Waals surface area contributed by atoms with Crippen LogP contribution in [0.3, 0.4) is 0 Å². The van der Waals surface area contributed by atoms with Gasteiger partial charge in [0.2, 0.25) is 0 Å². The van der Waals surface area contributed by atoms with Crippen molar-refractivity contribution in [1.29, 1.82) is 5.26 Å². The number of methoxy groups -OCH3 is 2. The number of ether oxygens (including phenoxy) is 2. The molecule has 1 aromatic rings. The molecule has 0 N–H and O–H groups in total. The Labute approximate surface area is 103 Å². The second-order valence-corrected chi connectivity index (χ2v) is 3.33. The highest BCUT2D eigenvalue weighted by atomic mass is 19.1. The summed E-state index contributed by atoms with van der Waals surface area (Å²) < 4.78 is 22.3. The highest BCUT2D eigenvalue weighted by Crippen LogP contribution is 2.21. The zero-order valence-corrected chi connectivity index (χ0v) is 9.77. The first kappa shape index (κ1) is 13.6. The van der Waals surface area contributed by atoms with Crippen molar-refractivity contribution in [1.82, 2.24) is 0 Å². The first-order valence-corrected chi connectivity index (χ1v) is 4.90. The fourth-order valence-corrected chi connectivity index (χ4v) is 1.41. The Bertz CT molecular complexity index is 505. The van der Waals surface area contributed by atoms with E-state index < -0.39 is 23.7 Å². The van der Waals surface area contributed by atoms with E-state index in [1.54, 1.807) is 6.07 Å². The lowest BCUT2D eigenvalue weighted by Crippen LogP contribution is -2.24. The van der Waals surface area contributed by atoms with Crippen molar-refractivity contribution in [2.24, 2.45) is 0 Å². The van der Waals surface area contributed by atoms with E-state index in [-0.39, 0.29) is 11.1 Å². The molecule has 0 aliphatic heterocycles. The topological polar surface area (TPSA) is 76.4 Å². The molecule has 5 nitrogen and oxygen atoms in total. The van der Waals surface area contributed by atoms with Crippen molar-refractivity contribution in [3.63, 3.8) is 0 Å². The number of carbonyl (C=O) groups excluding carboxylic acids is 2. The monoisotopic (exact) mass is 251 g/mol. The van der Waals surface area contributed by atoms with E-state index in [9.17, 15) is 14.0 Å². The fraction of sp³-hybridized carbons (Fsp3) is 0.250. The molecule has 0 saturated heterocycles. The maximum absolute atomic E-state index is 13.4. The Hall–Kier alpha value is -2.42. The quantitative estimate of drug-likeness (QED) is 0.594. The van der Waals surface area contributed by atoms with Gasteiger partial charge in [-0.25, -0.2) is 4.39 Å². The van der Waals surface area contributed by atoms with Crippen LogP contribution in [0, 0.1) is 17.1 Å². The lowest BCUT2D eigenvalue weighted by molar-refractivity contribution is -0.154. The average Bonchev–Trinajstić information content (AvgIpc) is 2.38. The fourth-order valence-electron chi connectivity index (χ4n) is 1.41. The third-order valence-corrected chi connectivity index (χ3v) is 2.32. The molecule has 0 aromatic heterocycles. The minimum atomic E-state index is -1.36. The number of nitriles is 1. The van der Waals surface area contributed by atoms with Gasteiger partial charge in [-0.1, -0.05) is 6.07 Å². The number of rotatable bonds is 3. The largest absolute Gasteiger partial charge is 0.468 e. The molecule has 0 bridgehead atoms. The molecule has 1 aromatic carbocycles. The average molecular weight is 251 g/mol. The second-order valence-electron chi connectivity index (χ2n) is 3.33. The van der Waals surface area contributed by atoms with Gasteiger partial charge in [-0.2, -0.15) is 5.26 Å². The van der Waals surface area contributed by atoms with Crippen molar-refractivity contribution in [3.05, 3.63) is 35.1 Å². The molecule has 0 atom stereocenters. The van der Waals surface area contributed by atoms with E-state index in [1.807, 2.05) is 0 Å². The first-order valence-electron chi connectivity index (χ1n) is 4.90. The molecule has 0 aliphatic rings. The standard InChI is InChI=1S/C12H10FNO4/c1-17-11(15)10(12(16)18-2)7-3-4-8(6-14)9(13)5-7/h3-5,10H,1-2H3. The normalized spacial score (nSPS) is 9.72. The van der Waals surface area contributed by atoms with Gasteiger partial charge in [0, 0.05) is 0 Å². The van der Waals surface area contributed by atoms with Crippen LogP contribution >= 0.6 is 0 Å². The van der Waals surface area contributed by atoms with E-state index in [1.165, 1.54) is 12.1 Å². The molecule has 0 heterocycles. The molecule has 94 valence electrons. The third kappa shape index (κ3) is 2.63. The van der Waals surface area contributed by atoms with Crippen molar-refractivity contribution in [3.8, 4) is 6.07 Å². The number of benzene rings is 1. The predicted octanol–water partition coefficient (Wildman–Crippen LogP) is 1.13. The van der Waals surface area contributed by atoms with Crippen LogP contribution in [0.1, 0.15) is 17.0 Å². The lowest BCUT2D eigenvalue weighted by atomic mass is 9.98. The van der Waals surface area contributed by atoms with Crippen LogP contribution < -0.4 is 0 Å². The Balaban J connectivity index is 3.22. The van der Waals surface area contributed by atoms with Crippen LogP contribution in [0.2, 0.25) is 0 Å². The Morgan fingerprint density at radius 1 is 1.28 bits per heavy atom.